The van der Waals surface area contributed by atoms with Gasteiger partial charge in [-0.2, -0.15) is 0 Å². The van der Waals surface area contributed by atoms with Crippen LogP contribution in [0.4, 0.5) is 0 Å². The molecule has 1 heterocycles. The van der Waals surface area contributed by atoms with Gasteiger partial charge in [0.05, 0.1) is 12.7 Å². The summed E-state index contributed by atoms with van der Waals surface area (Å²) in [5.74, 6) is 0.749. The second kappa shape index (κ2) is 11.5. The Balaban J connectivity index is 1.25. The van der Waals surface area contributed by atoms with Gasteiger partial charge in [-0.1, -0.05) is 18.2 Å². The first kappa shape index (κ1) is 22.8. The van der Waals surface area contributed by atoms with Gasteiger partial charge in [0.15, 0.2) is 0 Å². The van der Waals surface area contributed by atoms with Gasteiger partial charge in [-0.05, 0) is 73.1 Å². The van der Waals surface area contributed by atoms with Crippen LogP contribution in [0.1, 0.15) is 46.3 Å². The first-order valence-corrected chi connectivity index (χ1v) is 11.7. The van der Waals surface area contributed by atoms with E-state index in [2.05, 4.69) is 28.8 Å². The van der Waals surface area contributed by atoms with Crippen molar-refractivity contribution in [3.8, 4) is 5.75 Å². The number of hydrogen-bond donors (Lipinski definition) is 2. The molecule has 2 aliphatic rings. The van der Waals surface area contributed by atoms with Gasteiger partial charge >= 0.3 is 0 Å². The van der Waals surface area contributed by atoms with Crippen LogP contribution in [0.2, 0.25) is 0 Å². The van der Waals surface area contributed by atoms with E-state index in [1.165, 1.54) is 16.7 Å². The van der Waals surface area contributed by atoms with E-state index in [4.69, 9.17) is 14.2 Å². The molecule has 1 amide bonds. The summed E-state index contributed by atoms with van der Waals surface area (Å²) in [6.45, 7) is 3.81. The standard InChI is InChI=1S/C26H34N2O4/c1-30-14-12-27-17-19-4-5-22-16-23(9-6-21(22)15-19)28-26(29)20-7-10-24(11-8-20)32-18-25-3-2-13-31-25/h4-5,7-8,10-11,15,23,25,27H,2-3,6,9,12-14,16-18H2,1H3,(H,28,29)/t23-,25-/m0/s1. The van der Waals surface area contributed by atoms with Gasteiger partial charge in [-0.25, -0.2) is 0 Å². The van der Waals surface area contributed by atoms with Crippen molar-refractivity contribution < 1.29 is 19.0 Å². The number of amides is 1. The second-order valence-corrected chi connectivity index (χ2v) is 8.66. The van der Waals surface area contributed by atoms with Gasteiger partial charge in [0.2, 0.25) is 0 Å². The van der Waals surface area contributed by atoms with Crippen molar-refractivity contribution in [2.24, 2.45) is 0 Å². The molecule has 0 saturated carbocycles. The molecule has 2 atom stereocenters. The highest BCUT2D eigenvalue weighted by Gasteiger charge is 2.21. The number of methoxy groups -OCH3 is 1. The SMILES string of the molecule is COCCNCc1ccc2c(c1)CC[C@H](NC(=O)c1ccc(OC[C@@H]3CCCO3)cc1)C2. The zero-order valence-corrected chi connectivity index (χ0v) is 18.9. The van der Waals surface area contributed by atoms with E-state index in [1.54, 1.807) is 7.11 Å². The van der Waals surface area contributed by atoms with Crippen LogP contribution in [-0.4, -0.2) is 51.5 Å². The number of carbonyl (C=O) groups is 1. The average molecular weight is 439 g/mol. The average Bonchev–Trinajstić information content (AvgIpc) is 3.34. The molecule has 2 N–H and O–H groups in total. The molecule has 0 aromatic heterocycles. The molecule has 32 heavy (non-hydrogen) atoms. The number of fused-ring (bicyclic) bond motifs is 1. The quantitative estimate of drug-likeness (QED) is 0.558. The van der Waals surface area contributed by atoms with Gasteiger partial charge in [-0.3, -0.25) is 4.79 Å². The minimum atomic E-state index is -0.0249. The molecule has 0 bridgehead atoms. The lowest BCUT2D eigenvalue weighted by molar-refractivity contribution is 0.0679. The van der Waals surface area contributed by atoms with Crippen LogP contribution >= 0.6 is 0 Å². The molecule has 1 aliphatic heterocycles. The van der Waals surface area contributed by atoms with Crippen molar-refractivity contribution in [2.45, 2.75) is 50.8 Å². The number of rotatable bonds is 10. The third-order valence-corrected chi connectivity index (χ3v) is 6.22. The third kappa shape index (κ3) is 6.31. The lowest BCUT2D eigenvalue weighted by Crippen LogP contribution is -2.38. The second-order valence-electron chi connectivity index (χ2n) is 8.66. The molecule has 2 aromatic carbocycles. The van der Waals surface area contributed by atoms with Crippen molar-refractivity contribution in [3.05, 3.63) is 64.7 Å². The molecular weight excluding hydrogens is 404 g/mol. The molecule has 6 heteroatoms. The number of hydrogen-bond acceptors (Lipinski definition) is 5. The summed E-state index contributed by atoms with van der Waals surface area (Å²) in [5, 5.41) is 6.60. The van der Waals surface area contributed by atoms with Crippen molar-refractivity contribution in [1.29, 1.82) is 0 Å². The van der Waals surface area contributed by atoms with Crippen LogP contribution in [0, 0.1) is 0 Å². The molecule has 1 aliphatic carbocycles. The highest BCUT2D eigenvalue weighted by atomic mass is 16.5. The fourth-order valence-corrected chi connectivity index (χ4v) is 4.38. The Hall–Kier alpha value is -2.41. The van der Waals surface area contributed by atoms with E-state index in [-0.39, 0.29) is 18.1 Å². The number of ether oxygens (including phenoxy) is 3. The number of carbonyl (C=O) groups excluding carboxylic acids is 1. The van der Waals surface area contributed by atoms with E-state index >= 15 is 0 Å². The Bertz CT molecular complexity index is 878. The van der Waals surface area contributed by atoms with Crippen LogP contribution < -0.4 is 15.4 Å². The normalized spacial score (nSPS) is 20.0. The van der Waals surface area contributed by atoms with Gasteiger partial charge in [-0.15, -0.1) is 0 Å². The monoisotopic (exact) mass is 438 g/mol. The van der Waals surface area contributed by atoms with E-state index in [1.807, 2.05) is 24.3 Å². The lowest BCUT2D eigenvalue weighted by Gasteiger charge is -2.26. The molecule has 1 saturated heterocycles. The first-order valence-electron chi connectivity index (χ1n) is 11.7. The lowest BCUT2D eigenvalue weighted by atomic mass is 9.87. The number of aryl methyl sites for hydroxylation is 1. The molecule has 0 radical (unpaired) electrons. The van der Waals surface area contributed by atoms with Gasteiger partial charge in [0.25, 0.3) is 5.91 Å². The molecule has 2 aromatic rings. The predicted octanol–water partition coefficient (Wildman–Crippen LogP) is 3.27. The third-order valence-electron chi connectivity index (χ3n) is 6.22. The predicted molar refractivity (Wildman–Crippen MR) is 124 cm³/mol. The molecule has 0 spiro atoms. The zero-order valence-electron chi connectivity index (χ0n) is 18.9. The van der Waals surface area contributed by atoms with Crippen LogP contribution in [-0.2, 0) is 28.9 Å². The van der Waals surface area contributed by atoms with Crippen molar-refractivity contribution in [3.63, 3.8) is 0 Å². The maximum atomic E-state index is 12.7. The Morgan fingerprint density at radius 2 is 2.00 bits per heavy atom. The van der Waals surface area contributed by atoms with Crippen LogP contribution in [0.15, 0.2) is 42.5 Å². The van der Waals surface area contributed by atoms with Crippen LogP contribution in [0.25, 0.3) is 0 Å². The van der Waals surface area contributed by atoms with E-state index < -0.39 is 0 Å². The highest BCUT2D eigenvalue weighted by Crippen LogP contribution is 2.23. The van der Waals surface area contributed by atoms with E-state index in [0.717, 1.165) is 64.2 Å². The van der Waals surface area contributed by atoms with Gasteiger partial charge in [0.1, 0.15) is 12.4 Å². The summed E-state index contributed by atoms with van der Waals surface area (Å²) in [6, 6.07) is 14.2. The van der Waals surface area contributed by atoms with Crippen molar-refractivity contribution in [1.82, 2.24) is 10.6 Å². The molecule has 6 nitrogen and oxygen atoms in total. The Morgan fingerprint density at radius 3 is 2.78 bits per heavy atom. The summed E-state index contributed by atoms with van der Waals surface area (Å²) in [4.78, 5) is 12.7. The smallest absolute Gasteiger partial charge is 0.251 e. The molecule has 172 valence electrons. The summed E-state index contributed by atoms with van der Waals surface area (Å²) >= 11 is 0. The number of benzene rings is 2. The van der Waals surface area contributed by atoms with Gasteiger partial charge < -0.3 is 24.8 Å². The van der Waals surface area contributed by atoms with E-state index in [0.29, 0.717) is 12.2 Å². The zero-order chi connectivity index (χ0) is 22.2. The summed E-state index contributed by atoms with van der Waals surface area (Å²) in [5.41, 5.74) is 4.69. The largest absolute Gasteiger partial charge is 0.491 e. The highest BCUT2D eigenvalue weighted by molar-refractivity contribution is 5.94. The molecular formula is C26H34N2O4. The van der Waals surface area contributed by atoms with Crippen molar-refractivity contribution >= 4 is 5.91 Å². The maximum Gasteiger partial charge on any atom is 0.251 e. The minimum absolute atomic E-state index is 0.0249. The van der Waals surface area contributed by atoms with Crippen LogP contribution in [0.3, 0.4) is 0 Å². The topological polar surface area (TPSA) is 68.8 Å². The molecule has 0 unspecified atom stereocenters. The Labute approximate surface area is 190 Å². The fourth-order valence-electron chi connectivity index (χ4n) is 4.38. The summed E-state index contributed by atoms with van der Waals surface area (Å²) < 4.78 is 16.4. The number of nitrogens with one attached hydrogen (secondary N) is 2. The Kier molecular flexibility index (Phi) is 8.15. The van der Waals surface area contributed by atoms with Crippen molar-refractivity contribution in [2.75, 3.05) is 33.5 Å². The first-order chi connectivity index (χ1) is 15.7. The Morgan fingerprint density at radius 1 is 1.12 bits per heavy atom. The van der Waals surface area contributed by atoms with E-state index in [9.17, 15) is 4.79 Å². The fraction of sp³-hybridized carbons (Fsp3) is 0.500. The summed E-state index contributed by atoms with van der Waals surface area (Å²) in [6.07, 6.45) is 5.17. The summed E-state index contributed by atoms with van der Waals surface area (Å²) in [7, 11) is 1.72. The van der Waals surface area contributed by atoms with Gasteiger partial charge in [0, 0.05) is 38.4 Å². The maximum absolute atomic E-state index is 12.7. The minimum Gasteiger partial charge on any atom is -0.491 e. The van der Waals surface area contributed by atoms with Crippen LogP contribution in [0.5, 0.6) is 5.75 Å². The molecule has 4 rings (SSSR count). The molecule has 1 fully saturated rings.